The Morgan fingerprint density at radius 3 is 3.04 bits per heavy atom. The van der Waals surface area contributed by atoms with Crippen molar-refractivity contribution < 1.29 is 9.53 Å². The van der Waals surface area contributed by atoms with Crippen LogP contribution in [0.25, 0.3) is 11.3 Å². The van der Waals surface area contributed by atoms with Crippen molar-refractivity contribution in [2.45, 2.75) is 19.4 Å². The summed E-state index contributed by atoms with van der Waals surface area (Å²) in [7, 11) is 1.65. The first kappa shape index (κ1) is 20.0. The number of anilines is 1. The van der Waals surface area contributed by atoms with Crippen LogP contribution < -0.4 is 15.4 Å². The monoisotopic (exact) mass is 399 g/mol. The fourth-order valence-corrected chi connectivity index (χ4v) is 4.30. The molecular weight excluding hydrogens is 378 g/mol. The van der Waals surface area contributed by atoms with Crippen molar-refractivity contribution in [3.8, 4) is 17.0 Å². The molecular formula is C17H22ClN3O2S2. The predicted molar refractivity (Wildman–Crippen MR) is 108 cm³/mol. The zero-order chi connectivity index (χ0) is 16.9. The fourth-order valence-electron chi connectivity index (χ4n) is 2.62. The molecule has 1 aromatic heterocycles. The van der Waals surface area contributed by atoms with Crippen LogP contribution in [-0.4, -0.2) is 42.1 Å². The smallest absolute Gasteiger partial charge is 0.227 e. The van der Waals surface area contributed by atoms with Crippen LogP contribution in [0.15, 0.2) is 23.6 Å². The third-order valence-electron chi connectivity index (χ3n) is 3.81. The van der Waals surface area contributed by atoms with Gasteiger partial charge in [-0.1, -0.05) is 11.6 Å². The normalized spacial score (nSPS) is 16.8. The van der Waals surface area contributed by atoms with E-state index < -0.39 is 0 Å². The van der Waals surface area contributed by atoms with Crippen LogP contribution in [0.3, 0.4) is 0 Å². The quantitative estimate of drug-likeness (QED) is 0.804. The largest absolute Gasteiger partial charge is 0.496 e. The molecule has 1 fully saturated rings. The first-order valence-corrected chi connectivity index (χ1v) is 9.90. The van der Waals surface area contributed by atoms with E-state index in [9.17, 15) is 4.79 Å². The second-order valence-electron chi connectivity index (χ2n) is 5.72. The predicted octanol–water partition coefficient (Wildman–Crippen LogP) is 3.58. The van der Waals surface area contributed by atoms with E-state index in [2.05, 4.69) is 15.6 Å². The van der Waals surface area contributed by atoms with E-state index in [1.165, 1.54) is 11.3 Å². The first-order chi connectivity index (χ1) is 11.7. The Morgan fingerprint density at radius 2 is 2.32 bits per heavy atom. The molecule has 8 heteroatoms. The van der Waals surface area contributed by atoms with E-state index in [1.807, 2.05) is 42.3 Å². The molecule has 2 heterocycles. The van der Waals surface area contributed by atoms with Crippen molar-refractivity contribution >= 4 is 46.5 Å². The third kappa shape index (κ3) is 5.34. The molecule has 1 aliphatic heterocycles. The number of hydrogen-bond donors (Lipinski definition) is 2. The Bertz CT molecular complexity index is 718. The highest BCUT2D eigenvalue weighted by Gasteiger charge is 2.18. The molecule has 0 bridgehead atoms. The molecule has 2 aromatic rings. The molecule has 2 N–H and O–H groups in total. The minimum Gasteiger partial charge on any atom is -0.496 e. The summed E-state index contributed by atoms with van der Waals surface area (Å²) < 4.78 is 5.41. The number of thioether (sulfide) groups is 1. The molecule has 1 amide bonds. The number of aryl methyl sites for hydroxylation is 1. The van der Waals surface area contributed by atoms with Crippen molar-refractivity contribution in [2.75, 3.05) is 30.5 Å². The molecule has 25 heavy (non-hydrogen) atoms. The maximum Gasteiger partial charge on any atom is 0.227 e. The summed E-state index contributed by atoms with van der Waals surface area (Å²) in [6, 6.07) is 6.24. The molecule has 1 aliphatic rings. The number of nitrogens with one attached hydrogen (secondary N) is 2. The van der Waals surface area contributed by atoms with E-state index in [0.717, 1.165) is 40.6 Å². The van der Waals surface area contributed by atoms with Gasteiger partial charge < -0.3 is 15.4 Å². The lowest BCUT2D eigenvalue weighted by atomic mass is 10.1. The Hall–Kier alpha value is -1.28. The van der Waals surface area contributed by atoms with Gasteiger partial charge in [-0.15, -0.1) is 23.7 Å². The molecule has 136 valence electrons. The highest BCUT2D eigenvalue weighted by atomic mass is 35.5. The standard InChI is InChI=1S/C17H21N3O2S2.ClH/c1-11-3-4-15(22-2)13(7-11)14-10-24-17(19-14)20-16(21)8-12-9-23-6-5-18-12;/h3-4,7,10,12,18H,5-6,8-9H2,1-2H3,(H,19,20,21);1H. The Labute approximate surface area is 162 Å². The molecule has 1 atom stereocenters. The molecule has 1 saturated heterocycles. The molecule has 0 radical (unpaired) electrons. The van der Waals surface area contributed by atoms with Crippen molar-refractivity contribution in [1.82, 2.24) is 10.3 Å². The number of carbonyl (C=O) groups is 1. The average molecular weight is 400 g/mol. The van der Waals surface area contributed by atoms with E-state index in [0.29, 0.717) is 11.6 Å². The summed E-state index contributed by atoms with van der Waals surface area (Å²) >= 11 is 3.32. The van der Waals surface area contributed by atoms with E-state index in [1.54, 1.807) is 7.11 Å². The summed E-state index contributed by atoms with van der Waals surface area (Å²) in [6.45, 7) is 3.00. The Kier molecular flexibility index (Phi) is 7.56. The minimum atomic E-state index is 0. The molecule has 0 saturated carbocycles. The van der Waals surface area contributed by atoms with Crippen LogP contribution in [0.2, 0.25) is 0 Å². The van der Waals surface area contributed by atoms with Crippen LogP contribution in [0.5, 0.6) is 5.75 Å². The van der Waals surface area contributed by atoms with Crippen LogP contribution >= 0.6 is 35.5 Å². The lowest BCUT2D eigenvalue weighted by Gasteiger charge is -2.22. The van der Waals surface area contributed by atoms with Gasteiger partial charge in [-0.2, -0.15) is 11.8 Å². The van der Waals surface area contributed by atoms with E-state index >= 15 is 0 Å². The number of nitrogens with zero attached hydrogens (tertiary/aromatic N) is 1. The first-order valence-electron chi connectivity index (χ1n) is 7.87. The van der Waals surface area contributed by atoms with Gasteiger partial charge in [-0.05, 0) is 19.1 Å². The minimum absolute atomic E-state index is 0. The molecule has 0 spiro atoms. The maximum atomic E-state index is 12.2. The summed E-state index contributed by atoms with van der Waals surface area (Å²) in [4.78, 5) is 16.7. The second kappa shape index (κ2) is 9.43. The number of methoxy groups -OCH3 is 1. The van der Waals surface area contributed by atoms with Gasteiger partial charge in [0, 0.05) is 41.5 Å². The topological polar surface area (TPSA) is 63.2 Å². The number of ether oxygens (including phenoxy) is 1. The molecule has 0 aliphatic carbocycles. The van der Waals surface area contributed by atoms with E-state index in [-0.39, 0.29) is 24.4 Å². The van der Waals surface area contributed by atoms with Crippen molar-refractivity contribution in [3.63, 3.8) is 0 Å². The van der Waals surface area contributed by atoms with Crippen molar-refractivity contribution in [2.24, 2.45) is 0 Å². The lowest BCUT2D eigenvalue weighted by Crippen LogP contribution is -2.39. The zero-order valence-corrected chi connectivity index (χ0v) is 16.7. The van der Waals surface area contributed by atoms with Gasteiger partial charge in [0.1, 0.15) is 5.75 Å². The molecule has 1 unspecified atom stereocenters. The number of hydrogen-bond acceptors (Lipinski definition) is 6. The van der Waals surface area contributed by atoms with Crippen molar-refractivity contribution in [3.05, 3.63) is 29.1 Å². The number of amides is 1. The van der Waals surface area contributed by atoms with Crippen LogP contribution in [0, 0.1) is 6.92 Å². The van der Waals surface area contributed by atoms with E-state index in [4.69, 9.17) is 4.74 Å². The molecule has 5 nitrogen and oxygen atoms in total. The van der Waals surface area contributed by atoms with Gasteiger partial charge in [-0.25, -0.2) is 4.98 Å². The second-order valence-corrected chi connectivity index (χ2v) is 7.73. The summed E-state index contributed by atoms with van der Waals surface area (Å²) in [6.07, 6.45) is 0.482. The fraction of sp³-hybridized carbons (Fsp3) is 0.412. The van der Waals surface area contributed by atoms with Crippen LogP contribution in [0.4, 0.5) is 5.13 Å². The van der Waals surface area contributed by atoms with Gasteiger partial charge >= 0.3 is 0 Å². The Balaban J connectivity index is 0.00000225. The highest BCUT2D eigenvalue weighted by Crippen LogP contribution is 2.33. The summed E-state index contributed by atoms with van der Waals surface area (Å²) in [5, 5.41) is 8.86. The van der Waals surface area contributed by atoms with Crippen molar-refractivity contribution in [1.29, 1.82) is 0 Å². The summed E-state index contributed by atoms with van der Waals surface area (Å²) in [5.74, 6) is 2.89. The van der Waals surface area contributed by atoms with Gasteiger partial charge in [0.05, 0.1) is 12.8 Å². The Morgan fingerprint density at radius 1 is 1.48 bits per heavy atom. The van der Waals surface area contributed by atoms with Crippen LogP contribution in [-0.2, 0) is 4.79 Å². The number of aromatic nitrogens is 1. The number of halogens is 1. The number of carbonyl (C=O) groups excluding carboxylic acids is 1. The van der Waals surface area contributed by atoms with Gasteiger partial charge in [-0.3, -0.25) is 4.79 Å². The SMILES string of the molecule is COc1ccc(C)cc1-c1csc(NC(=O)CC2CSCCN2)n1.Cl. The number of benzene rings is 1. The van der Waals surface area contributed by atoms with Gasteiger partial charge in [0.25, 0.3) is 0 Å². The molecule has 1 aromatic carbocycles. The number of rotatable bonds is 5. The number of thiazole rings is 1. The van der Waals surface area contributed by atoms with Crippen LogP contribution in [0.1, 0.15) is 12.0 Å². The summed E-state index contributed by atoms with van der Waals surface area (Å²) in [5.41, 5.74) is 2.91. The maximum absolute atomic E-state index is 12.2. The third-order valence-corrected chi connectivity index (χ3v) is 5.70. The molecule has 3 rings (SSSR count). The van der Waals surface area contributed by atoms with Gasteiger partial charge in [0.15, 0.2) is 5.13 Å². The lowest BCUT2D eigenvalue weighted by molar-refractivity contribution is -0.116. The van der Waals surface area contributed by atoms with Gasteiger partial charge in [0.2, 0.25) is 5.91 Å². The average Bonchev–Trinajstić information content (AvgIpc) is 3.04. The highest BCUT2D eigenvalue weighted by molar-refractivity contribution is 7.99. The zero-order valence-electron chi connectivity index (χ0n) is 14.2.